The van der Waals surface area contributed by atoms with E-state index in [4.69, 9.17) is 0 Å². The van der Waals surface area contributed by atoms with E-state index in [0.717, 1.165) is 21.3 Å². The summed E-state index contributed by atoms with van der Waals surface area (Å²) in [6.45, 7) is 5.52. The minimum Gasteiger partial charge on any atom is -0.325 e. The van der Waals surface area contributed by atoms with E-state index in [0.29, 0.717) is 18.7 Å². The predicted molar refractivity (Wildman–Crippen MR) is 117 cm³/mol. The molecule has 1 atom stereocenters. The standard InChI is InChI=1S/C21H23BrN2O4S/c1-13-4-6-19(18(22)10-13)23-21(26)11-14(2)29(27,28)17-5-7-20-16(12-17)8-9-24(20)15(3)25/h4-7,10,12,14H,8-9,11H2,1-3H3,(H,23,26). The molecular weight excluding hydrogens is 456 g/mol. The number of carbonyl (C=O) groups is 2. The van der Waals surface area contributed by atoms with Gasteiger partial charge in [0.1, 0.15) is 0 Å². The van der Waals surface area contributed by atoms with Crippen molar-refractivity contribution in [3.8, 4) is 0 Å². The van der Waals surface area contributed by atoms with Gasteiger partial charge in [-0.3, -0.25) is 9.59 Å². The number of amides is 2. The lowest BCUT2D eigenvalue weighted by molar-refractivity contribution is -0.117. The van der Waals surface area contributed by atoms with Crippen molar-refractivity contribution in [2.24, 2.45) is 0 Å². The summed E-state index contributed by atoms with van der Waals surface area (Å²) in [6, 6.07) is 10.3. The maximum Gasteiger partial charge on any atom is 0.225 e. The first-order valence-electron chi connectivity index (χ1n) is 9.30. The van der Waals surface area contributed by atoms with Crippen molar-refractivity contribution in [1.29, 1.82) is 0 Å². The zero-order chi connectivity index (χ0) is 21.3. The molecule has 1 unspecified atom stereocenters. The van der Waals surface area contributed by atoms with Crippen molar-refractivity contribution in [3.63, 3.8) is 0 Å². The number of nitrogens with zero attached hydrogens (tertiary/aromatic N) is 1. The molecule has 29 heavy (non-hydrogen) atoms. The van der Waals surface area contributed by atoms with E-state index < -0.39 is 15.1 Å². The number of anilines is 2. The lowest BCUT2D eigenvalue weighted by Crippen LogP contribution is -2.26. The number of hydrogen-bond acceptors (Lipinski definition) is 4. The van der Waals surface area contributed by atoms with E-state index in [1.807, 2.05) is 19.1 Å². The Morgan fingerprint density at radius 1 is 1.21 bits per heavy atom. The van der Waals surface area contributed by atoms with Crippen LogP contribution in [-0.4, -0.2) is 32.0 Å². The van der Waals surface area contributed by atoms with Crippen molar-refractivity contribution in [2.45, 2.75) is 43.8 Å². The molecule has 2 amide bonds. The summed E-state index contributed by atoms with van der Waals surface area (Å²) < 4.78 is 26.7. The summed E-state index contributed by atoms with van der Waals surface area (Å²) in [7, 11) is -3.68. The third kappa shape index (κ3) is 4.53. The molecule has 8 heteroatoms. The molecule has 1 N–H and O–H groups in total. The van der Waals surface area contributed by atoms with Crippen molar-refractivity contribution in [1.82, 2.24) is 0 Å². The number of carbonyl (C=O) groups excluding carboxylic acids is 2. The largest absolute Gasteiger partial charge is 0.325 e. The molecule has 1 aliphatic heterocycles. The summed E-state index contributed by atoms with van der Waals surface area (Å²) in [5.41, 5.74) is 3.24. The van der Waals surface area contributed by atoms with Gasteiger partial charge in [-0.25, -0.2) is 8.42 Å². The Kier molecular flexibility index (Phi) is 6.14. The van der Waals surface area contributed by atoms with Gasteiger partial charge in [-0.1, -0.05) is 6.07 Å². The number of nitrogens with one attached hydrogen (secondary N) is 1. The van der Waals surface area contributed by atoms with Crippen LogP contribution < -0.4 is 10.2 Å². The second kappa shape index (κ2) is 8.28. The Balaban J connectivity index is 1.74. The molecule has 0 radical (unpaired) electrons. The maximum atomic E-state index is 13.0. The number of fused-ring (bicyclic) bond motifs is 1. The average Bonchev–Trinajstić information content (AvgIpc) is 3.07. The molecule has 0 aliphatic carbocycles. The molecule has 0 bridgehead atoms. The van der Waals surface area contributed by atoms with E-state index in [-0.39, 0.29) is 23.1 Å². The fourth-order valence-electron chi connectivity index (χ4n) is 3.41. The molecule has 0 spiro atoms. The molecule has 0 aromatic heterocycles. The summed E-state index contributed by atoms with van der Waals surface area (Å²) in [4.78, 5) is 25.9. The second-order valence-electron chi connectivity index (χ2n) is 7.30. The summed E-state index contributed by atoms with van der Waals surface area (Å²) in [5.74, 6) is -0.429. The summed E-state index contributed by atoms with van der Waals surface area (Å²) >= 11 is 3.40. The van der Waals surface area contributed by atoms with Gasteiger partial charge in [-0.2, -0.15) is 0 Å². The highest BCUT2D eigenvalue weighted by molar-refractivity contribution is 9.10. The van der Waals surface area contributed by atoms with E-state index in [2.05, 4.69) is 21.2 Å². The number of halogens is 1. The minimum atomic E-state index is -3.68. The van der Waals surface area contributed by atoms with Crippen LogP contribution >= 0.6 is 15.9 Å². The molecule has 1 heterocycles. The molecule has 0 saturated heterocycles. The van der Waals surface area contributed by atoms with Gasteiger partial charge in [0.25, 0.3) is 0 Å². The van der Waals surface area contributed by atoms with Crippen LogP contribution in [0.1, 0.15) is 31.4 Å². The minimum absolute atomic E-state index is 0.0633. The second-order valence-corrected chi connectivity index (χ2v) is 10.5. The lowest BCUT2D eigenvalue weighted by Gasteiger charge is -2.17. The quantitative estimate of drug-likeness (QED) is 0.706. The first-order chi connectivity index (χ1) is 13.6. The molecule has 0 fully saturated rings. The molecule has 3 rings (SSSR count). The number of aryl methyl sites for hydroxylation is 1. The van der Waals surface area contributed by atoms with Gasteiger partial charge in [-0.05, 0) is 77.7 Å². The Labute approximate surface area is 179 Å². The number of hydrogen-bond donors (Lipinski definition) is 1. The van der Waals surface area contributed by atoms with Crippen LogP contribution in [0.5, 0.6) is 0 Å². The normalized spacial score (nSPS) is 14.4. The van der Waals surface area contributed by atoms with Gasteiger partial charge in [0, 0.05) is 30.0 Å². The molecular formula is C21H23BrN2O4S. The van der Waals surface area contributed by atoms with Gasteiger partial charge in [-0.15, -0.1) is 0 Å². The van der Waals surface area contributed by atoms with Gasteiger partial charge >= 0.3 is 0 Å². The van der Waals surface area contributed by atoms with Crippen molar-refractivity contribution in [2.75, 3.05) is 16.8 Å². The number of benzene rings is 2. The lowest BCUT2D eigenvalue weighted by atomic mass is 10.2. The molecule has 2 aromatic rings. The van der Waals surface area contributed by atoms with Crippen LogP contribution in [-0.2, 0) is 25.8 Å². The number of sulfone groups is 1. The van der Waals surface area contributed by atoms with Gasteiger partial charge in [0.2, 0.25) is 11.8 Å². The Morgan fingerprint density at radius 3 is 2.59 bits per heavy atom. The SMILES string of the molecule is CC(=O)N1CCc2cc(S(=O)(=O)C(C)CC(=O)Nc3ccc(C)cc3Br)ccc21. The number of rotatable bonds is 5. The first kappa shape index (κ1) is 21.5. The predicted octanol–water partition coefficient (Wildman–Crippen LogP) is 3.86. The highest BCUT2D eigenvalue weighted by Crippen LogP contribution is 2.32. The highest BCUT2D eigenvalue weighted by atomic mass is 79.9. The van der Waals surface area contributed by atoms with Gasteiger partial charge < -0.3 is 10.2 Å². The highest BCUT2D eigenvalue weighted by Gasteiger charge is 2.29. The molecule has 154 valence electrons. The third-order valence-corrected chi connectivity index (χ3v) is 7.85. The van der Waals surface area contributed by atoms with Crippen LogP contribution in [0.25, 0.3) is 0 Å². The summed E-state index contributed by atoms with van der Waals surface area (Å²) in [6.07, 6.45) is 0.466. The molecule has 6 nitrogen and oxygen atoms in total. The molecule has 0 saturated carbocycles. The van der Waals surface area contributed by atoms with Crippen molar-refractivity contribution < 1.29 is 18.0 Å². The zero-order valence-corrected chi connectivity index (χ0v) is 18.9. The molecule has 1 aliphatic rings. The van der Waals surface area contributed by atoms with Gasteiger partial charge in [0.05, 0.1) is 15.8 Å². The monoisotopic (exact) mass is 478 g/mol. The van der Waals surface area contributed by atoms with Crippen LogP contribution in [0.3, 0.4) is 0 Å². The smallest absolute Gasteiger partial charge is 0.225 e. The zero-order valence-electron chi connectivity index (χ0n) is 16.5. The van der Waals surface area contributed by atoms with E-state index in [1.54, 1.807) is 23.1 Å². The topological polar surface area (TPSA) is 83.6 Å². The van der Waals surface area contributed by atoms with Crippen LogP contribution in [0.2, 0.25) is 0 Å². The average molecular weight is 479 g/mol. The first-order valence-corrected chi connectivity index (χ1v) is 11.6. The van der Waals surface area contributed by atoms with Crippen LogP contribution in [0, 0.1) is 6.92 Å². The fourth-order valence-corrected chi connectivity index (χ4v) is 5.40. The van der Waals surface area contributed by atoms with Crippen LogP contribution in [0.15, 0.2) is 45.8 Å². The Bertz CT molecular complexity index is 1080. The van der Waals surface area contributed by atoms with Crippen molar-refractivity contribution >= 4 is 49.0 Å². The summed E-state index contributed by atoms with van der Waals surface area (Å²) in [5, 5.41) is 1.88. The Morgan fingerprint density at radius 2 is 1.93 bits per heavy atom. The van der Waals surface area contributed by atoms with Gasteiger partial charge in [0.15, 0.2) is 9.84 Å². The van der Waals surface area contributed by atoms with E-state index in [9.17, 15) is 18.0 Å². The van der Waals surface area contributed by atoms with E-state index >= 15 is 0 Å². The van der Waals surface area contributed by atoms with Crippen LogP contribution in [0.4, 0.5) is 11.4 Å². The maximum absolute atomic E-state index is 13.0. The third-order valence-electron chi connectivity index (χ3n) is 5.06. The fraction of sp³-hybridized carbons (Fsp3) is 0.333. The Hall–Kier alpha value is -2.19. The molecule has 2 aromatic carbocycles. The van der Waals surface area contributed by atoms with Crippen molar-refractivity contribution in [3.05, 3.63) is 52.0 Å². The van der Waals surface area contributed by atoms with E-state index in [1.165, 1.54) is 19.9 Å².